The molecule has 0 aromatic heterocycles. The molecule has 0 fully saturated rings. The number of anilines is 6. The molecule has 0 saturated heterocycles. The summed E-state index contributed by atoms with van der Waals surface area (Å²) in [5.41, 5.74) is 23.1. The summed E-state index contributed by atoms with van der Waals surface area (Å²) in [5, 5.41) is 0. The standard InChI is InChI=1S/C56H67BN2O2/c1-33-24-46-50-47(25-33)59(51-34(2)26-36(27-35(51)3)52(4,5)6)45-32-49-48(60-22-15-23-61-49)31-43(45)57(50)42-29-40-41(56(13,14)21-20-55(40,11)12)30-44(42)58(46)37-16-17-38-39(28-37)54(9,10)19-18-53(38,7)8/h16-17,24-32H,15,18-23H2,1-14H3. The second-order valence-electron chi connectivity index (χ2n) is 23.2. The molecule has 5 aromatic rings. The van der Waals surface area contributed by atoms with Crippen molar-refractivity contribution in [3.8, 4) is 11.5 Å². The number of rotatable bonds is 2. The quantitative estimate of drug-likeness (QED) is 0.162. The molecule has 0 N–H and O–H groups in total. The lowest BCUT2D eigenvalue weighted by Gasteiger charge is -2.48. The molecule has 5 aromatic carbocycles. The van der Waals surface area contributed by atoms with E-state index < -0.39 is 0 Å². The van der Waals surface area contributed by atoms with Crippen LogP contribution in [0.2, 0.25) is 0 Å². The van der Waals surface area contributed by atoms with Crippen molar-refractivity contribution in [1.82, 2.24) is 0 Å². The molecule has 3 heterocycles. The van der Waals surface area contributed by atoms with Crippen LogP contribution in [-0.4, -0.2) is 19.9 Å². The third kappa shape index (κ3) is 6.13. The summed E-state index contributed by atoms with van der Waals surface area (Å²) in [6, 6.07) is 27.2. The van der Waals surface area contributed by atoms with Gasteiger partial charge in [0.25, 0.3) is 6.71 Å². The summed E-state index contributed by atoms with van der Waals surface area (Å²) < 4.78 is 13.1. The van der Waals surface area contributed by atoms with Gasteiger partial charge in [-0.15, -0.1) is 0 Å². The maximum Gasteiger partial charge on any atom is 0.252 e. The molecule has 4 nitrogen and oxygen atoms in total. The van der Waals surface area contributed by atoms with Gasteiger partial charge in [-0.3, -0.25) is 0 Å². The Morgan fingerprint density at radius 2 is 1.02 bits per heavy atom. The van der Waals surface area contributed by atoms with Crippen molar-refractivity contribution in [2.45, 2.75) is 156 Å². The number of aryl methyl sites for hydroxylation is 3. The molecule has 0 amide bonds. The van der Waals surface area contributed by atoms with E-state index >= 15 is 0 Å². The van der Waals surface area contributed by atoms with Gasteiger partial charge >= 0.3 is 0 Å². The van der Waals surface area contributed by atoms with E-state index in [2.05, 4.69) is 173 Å². The zero-order valence-electron chi connectivity index (χ0n) is 39.6. The van der Waals surface area contributed by atoms with Gasteiger partial charge in [-0.05, 0) is 171 Å². The molecule has 0 saturated carbocycles. The highest BCUT2D eigenvalue weighted by Gasteiger charge is 2.48. The monoisotopic (exact) mass is 811 g/mol. The molecule has 10 rings (SSSR count). The normalized spacial score (nSPS) is 19.9. The van der Waals surface area contributed by atoms with Gasteiger partial charge in [0.2, 0.25) is 0 Å². The van der Waals surface area contributed by atoms with Crippen LogP contribution in [0.25, 0.3) is 0 Å². The van der Waals surface area contributed by atoms with E-state index in [9.17, 15) is 0 Å². The van der Waals surface area contributed by atoms with E-state index in [1.54, 1.807) is 0 Å². The third-order valence-corrected chi connectivity index (χ3v) is 15.7. The second kappa shape index (κ2) is 13.2. The lowest BCUT2D eigenvalue weighted by atomic mass is 9.33. The first-order chi connectivity index (χ1) is 28.6. The molecule has 316 valence electrons. The average molecular weight is 811 g/mol. The average Bonchev–Trinajstić information content (AvgIpc) is 3.42. The Kier molecular flexibility index (Phi) is 8.75. The van der Waals surface area contributed by atoms with Crippen molar-refractivity contribution < 1.29 is 9.47 Å². The molecule has 5 aliphatic rings. The van der Waals surface area contributed by atoms with Crippen LogP contribution in [0.3, 0.4) is 0 Å². The van der Waals surface area contributed by atoms with Gasteiger partial charge in [-0.2, -0.15) is 0 Å². The fraction of sp³-hybridized carbons (Fsp3) is 0.464. The zero-order chi connectivity index (χ0) is 43.3. The van der Waals surface area contributed by atoms with Gasteiger partial charge in [-0.25, -0.2) is 0 Å². The van der Waals surface area contributed by atoms with Gasteiger partial charge in [0, 0.05) is 40.9 Å². The first kappa shape index (κ1) is 40.4. The lowest BCUT2D eigenvalue weighted by molar-refractivity contribution is 0.297. The van der Waals surface area contributed by atoms with Crippen molar-refractivity contribution in [2.75, 3.05) is 23.0 Å². The van der Waals surface area contributed by atoms with Crippen LogP contribution in [0.1, 0.15) is 153 Å². The molecule has 5 heteroatoms. The Morgan fingerprint density at radius 1 is 0.525 bits per heavy atom. The number of ether oxygens (including phenoxy) is 2. The van der Waals surface area contributed by atoms with E-state index in [1.165, 1.54) is 121 Å². The maximum absolute atomic E-state index is 6.57. The highest BCUT2D eigenvalue weighted by Crippen LogP contribution is 2.53. The van der Waals surface area contributed by atoms with Crippen LogP contribution in [0.15, 0.2) is 66.7 Å². The van der Waals surface area contributed by atoms with Crippen molar-refractivity contribution in [2.24, 2.45) is 0 Å². The van der Waals surface area contributed by atoms with Gasteiger partial charge in [0.15, 0.2) is 11.5 Å². The second-order valence-corrected chi connectivity index (χ2v) is 23.2. The number of hydrogen-bond acceptors (Lipinski definition) is 4. The molecule has 0 unspecified atom stereocenters. The molecule has 2 aliphatic carbocycles. The molecule has 0 bridgehead atoms. The Morgan fingerprint density at radius 3 is 1.61 bits per heavy atom. The van der Waals surface area contributed by atoms with Crippen LogP contribution >= 0.6 is 0 Å². The van der Waals surface area contributed by atoms with Crippen LogP contribution < -0.4 is 35.7 Å². The van der Waals surface area contributed by atoms with E-state index in [0.717, 1.165) is 17.9 Å². The molecular weight excluding hydrogens is 743 g/mol. The minimum atomic E-state index is -0.00569. The molecular formula is C56H67BN2O2. The summed E-state index contributed by atoms with van der Waals surface area (Å²) in [6.45, 7) is 34.8. The summed E-state index contributed by atoms with van der Waals surface area (Å²) >= 11 is 0. The van der Waals surface area contributed by atoms with Crippen molar-refractivity contribution in [3.05, 3.63) is 111 Å². The fourth-order valence-electron chi connectivity index (χ4n) is 11.8. The molecule has 3 aliphatic heterocycles. The number of hydrogen-bond donors (Lipinski definition) is 0. The first-order valence-electron chi connectivity index (χ1n) is 23.2. The van der Waals surface area contributed by atoms with Crippen LogP contribution in [-0.2, 0) is 27.1 Å². The van der Waals surface area contributed by atoms with Crippen molar-refractivity contribution in [3.63, 3.8) is 0 Å². The predicted octanol–water partition coefficient (Wildman–Crippen LogP) is 12.9. The SMILES string of the molecule is Cc1cc2c3c(c1)N(c1c(C)cc(C(C)(C)C)cc1C)c1cc4c(cc1B3c1cc3c(cc1N2c1ccc2c(c1)C(C)(C)CCC2(C)C)C(C)(C)CCC3(C)C)OCCCO4. The van der Waals surface area contributed by atoms with Crippen LogP contribution in [0, 0.1) is 20.8 Å². The Labute approximate surface area is 367 Å². The van der Waals surface area contributed by atoms with Gasteiger partial charge in [0.05, 0.1) is 18.9 Å². The molecule has 0 spiro atoms. The van der Waals surface area contributed by atoms with Crippen molar-refractivity contribution in [1.29, 1.82) is 0 Å². The number of fused-ring (bicyclic) bond motifs is 7. The van der Waals surface area contributed by atoms with E-state index in [4.69, 9.17) is 9.47 Å². The predicted molar refractivity (Wildman–Crippen MR) is 260 cm³/mol. The smallest absolute Gasteiger partial charge is 0.252 e. The third-order valence-electron chi connectivity index (χ3n) is 15.7. The topological polar surface area (TPSA) is 24.9 Å². The summed E-state index contributed by atoms with van der Waals surface area (Å²) in [5.74, 6) is 1.69. The molecule has 0 radical (unpaired) electrons. The zero-order valence-corrected chi connectivity index (χ0v) is 39.6. The van der Waals surface area contributed by atoms with Gasteiger partial charge < -0.3 is 19.3 Å². The Hall–Kier alpha value is -4.64. The summed E-state index contributed by atoms with van der Waals surface area (Å²) in [6.07, 6.45) is 5.59. The highest BCUT2D eigenvalue weighted by molar-refractivity contribution is 7.00. The number of benzene rings is 5. The number of nitrogens with zero attached hydrogens (tertiary/aromatic N) is 2. The Bertz CT molecular complexity index is 2650. The minimum Gasteiger partial charge on any atom is -0.490 e. The highest BCUT2D eigenvalue weighted by atomic mass is 16.5. The van der Waals surface area contributed by atoms with Gasteiger partial charge in [-0.1, -0.05) is 100 Å². The lowest BCUT2D eigenvalue weighted by Crippen LogP contribution is -2.62. The fourth-order valence-corrected chi connectivity index (χ4v) is 11.8. The van der Waals surface area contributed by atoms with Gasteiger partial charge in [0.1, 0.15) is 0 Å². The van der Waals surface area contributed by atoms with E-state index in [1.807, 2.05) is 0 Å². The summed E-state index contributed by atoms with van der Waals surface area (Å²) in [7, 11) is 0. The minimum absolute atomic E-state index is 0.00569. The van der Waals surface area contributed by atoms with Crippen molar-refractivity contribution >= 4 is 57.2 Å². The van der Waals surface area contributed by atoms with E-state index in [-0.39, 0.29) is 33.8 Å². The Balaban J connectivity index is 1.33. The first-order valence-corrected chi connectivity index (χ1v) is 23.2. The van der Waals surface area contributed by atoms with E-state index in [0.29, 0.717) is 13.2 Å². The molecule has 61 heavy (non-hydrogen) atoms. The maximum atomic E-state index is 6.57. The van der Waals surface area contributed by atoms with Crippen LogP contribution in [0.4, 0.5) is 34.1 Å². The largest absolute Gasteiger partial charge is 0.490 e. The summed E-state index contributed by atoms with van der Waals surface area (Å²) in [4.78, 5) is 5.26. The van der Waals surface area contributed by atoms with Crippen LogP contribution in [0.5, 0.6) is 11.5 Å². The molecule has 0 atom stereocenters.